The maximum Gasteiger partial charge on any atom is 0.130 e. The summed E-state index contributed by atoms with van der Waals surface area (Å²) in [7, 11) is 1.82. The second-order valence-corrected chi connectivity index (χ2v) is 5.79. The molecule has 1 aliphatic heterocycles. The van der Waals surface area contributed by atoms with E-state index in [9.17, 15) is 0 Å². The Morgan fingerprint density at radius 1 is 0.909 bits per heavy atom. The van der Waals surface area contributed by atoms with Crippen molar-refractivity contribution in [3.63, 3.8) is 0 Å². The van der Waals surface area contributed by atoms with Gasteiger partial charge >= 0.3 is 0 Å². The Bertz CT molecular complexity index is 525. The molecule has 3 rings (SSSR count). The quantitative estimate of drug-likeness (QED) is 0.917. The van der Waals surface area contributed by atoms with Crippen LogP contribution < -0.4 is 5.32 Å². The average Bonchev–Trinajstić information content (AvgIpc) is 2.62. The lowest BCUT2D eigenvalue weighted by Gasteiger charge is -2.39. The van der Waals surface area contributed by atoms with Crippen LogP contribution in [-0.2, 0) is 10.3 Å². The van der Waals surface area contributed by atoms with Crippen molar-refractivity contribution in [2.24, 2.45) is 0 Å². The van der Waals surface area contributed by atoms with Gasteiger partial charge in [-0.15, -0.1) is 0 Å². The molecule has 0 unspecified atom stereocenters. The predicted molar refractivity (Wildman–Crippen MR) is 90.0 cm³/mol. The van der Waals surface area contributed by atoms with Crippen molar-refractivity contribution in [3.05, 3.63) is 71.8 Å². The molecule has 0 radical (unpaired) electrons. The van der Waals surface area contributed by atoms with E-state index in [1.807, 2.05) is 7.11 Å². The number of benzene rings is 2. The molecule has 1 heterocycles. The van der Waals surface area contributed by atoms with Crippen molar-refractivity contribution in [3.8, 4) is 0 Å². The molecule has 1 N–H and O–H groups in total. The highest BCUT2D eigenvalue weighted by Gasteiger charge is 2.36. The molecule has 22 heavy (non-hydrogen) atoms. The molecular weight excluding hydrogens is 272 g/mol. The normalized spacial score (nSPS) is 16.6. The molecule has 0 saturated carbocycles. The summed E-state index contributed by atoms with van der Waals surface area (Å²) in [6, 6.07) is 21.1. The molecule has 1 aliphatic rings. The fraction of sp³-hybridized carbons (Fsp3) is 0.368. The number of piperazine rings is 1. The second-order valence-electron chi connectivity index (χ2n) is 5.79. The summed E-state index contributed by atoms with van der Waals surface area (Å²) in [5.41, 5.74) is 2.00. The van der Waals surface area contributed by atoms with Crippen LogP contribution in [0.15, 0.2) is 60.7 Å². The molecule has 2 aromatic rings. The third-order valence-electron chi connectivity index (χ3n) is 4.48. The Kier molecular flexibility index (Phi) is 4.88. The molecule has 0 amide bonds. The Hall–Kier alpha value is -1.68. The molecule has 0 spiro atoms. The fourth-order valence-electron chi connectivity index (χ4n) is 3.25. The van der Waals surface area contributed by atoms with Crippen molar-refractivity contribution in [1.29, 1.82) is 0 Å². The van der Waals surface area contributed by atoms with E-state index in [1.54, 1.807) is 0 Å². The number of hydrogen-bond donors (Lipinski definition) is 1. The Morgan fingerprint density at radius 2 is 1.41 bits per heavy atom. The van der Waals surface area contributed by atoms with Crippen molar-refractivity contribution in [1.82, 2.24) is 10.2 Å². The molecule has 2 aromatic carbocycles. The van der Waals surface area contributed by atoms with Crippen LogP contribution in [0.2, 0.25) is 0 Å². The third kappa shape index (κ3) is 3.07. The van der Waals surface area contributed by atoms with Crippen LogP contribution in [0, 0.1) is 0 Å². The van der Waals surface area contributed by atoms with Gasteiger partial charge in [0.2, 0.25) is 0 Å². The van der Waals surface area contributed by atoms with Crippen LogP contribution in [0.25, 0.3) is 0 Å². The number of rotatable bonds is 5. The lowest BCUT2D eigenvalue weighted by molar-refractivity contribution is -0.0112. The highest BCUT2D eigenvalue weighted by atomic mass is 16.5. The first kappa shape index (κ1) is 15.2. The van der Waals surface area contributed by atoms with Crippen LogP contribution in [0.4, 0.5) is 0 Å². The van der Waals surface area contributed by atoms with Gasteiger partial charge < -0.3 is 10.1 Å². The monoisotopic (exact) mass is 296 g/mol. The summed E-state index contributed by atoms with van der Waals surface area (Å²) in [6.45, 7) is 5.08. The summed E-state index contributed by atoms with van der Waals surface area (Å²) in [6.07, 6.45) is 0. The zero-order valence-electron chi connectivity index (χ0n) is 13.2. The zero-order valence-corrected chi connectivity index (χ0v) is 13.2. The van der Waals surface area contributed by atoms with Crippen molar-refractivity contribution in [2.45, 2.75) is 5.60 Å². The Labute approximate surface area is 132 Å². The first-order valence-corrected chi connectivity index (χ1v) is 7.94. The molecule has 116 valence electrons. The van der Waals surface area contributed by atoms with Crippen LogP contribution >= 0.6 is 0 Å². The number of hydrogen-bond acceptors (Lipinski definition) is 3. The Morgan fingerprint density at radius 3 is 1.86 bits per heavy atom. The molecule has 0 aliphatic carbocycles. The fourth-order valence-corrected chi connectivity index (χ4v) is 3.25. The largest absolute Gasteiger partial charge is 0.367 e. The van der Waals surface area contributed by atoms with Crippen molar-refractivity contribution in [2.75, 3.05) is 39.8 Å². The van der Waals surface area contributed by atoms with Crippen LogP contribution in [-0.4, -0.2) is 44.7 Å². The van der Waals surface area contributed by atoms with E-state index in [2.05, 4.69) is 70.9 Å². The average molecular weight is 296 g/mol. The van der Waals surface area contributed by atoms with E-state index < -0.39 is 5.60 Å². The zero-order chi connectivity index (χ0) is 15.3. The molecule has 3 heteroatoms. The van der Waals surface area contributed by atoms with Gasteiger partial charge in [-0.3, -0.25) is 4.90 Å². The first-order chi connectivity index (χ1) is 10.8. The molecule has 1 saturated heterocycles. The van der Waals surface area contributed by atoms with Crippen LogP contribution in [0.1, 0.15) is 11.1 Å². The van der Waals surface area contributed by atoms with E-state index in [0.717, 1.165) is 32.7 Å². The van der Waals surface area contributed by atoms with Gasteiger partial charge in [0.15, 0.2) is 0 Å². The van der Waals surface area contributed by atoms with Crippen molar-refractivity contribution >= 4 is 0 Å². The predicted octanol–water partition coefficient (Wildman–Crippen LogP) is 2.48. The highest BCUT2D eigenvalue weighted by Crippen LogP contribution is 2.34. The molecular formula is C19H24N2O. The van der Waals surface area contributed by atoms with Gasteiger partial charge in [-0.1, -0.05) is 60.7 Å². The van der Waals surface area contributed by atoms with Gasteiger partial charge in [0.25, 0.3) is 0 Å². The molecule has 1 fully saturated rings. The summed E-state index contributed by atoms with van der Waals surface area (Å²) >= 11 is 0. The van der Waals surface area contributed by atoms with Gasteiger partial charge in [0.1, 0.15) is 5.60 Å². The van der Waals surface area contributed by atoms with Crippen molar-refractivity contribution < 1.29 is 4.74 Å². The SMILES string of the molecule is COC(CN1CCNCC1)(c1ccccc1)c1ccccc1. The summed E-state index contributed by atoms with van der Waals surface area (Å²) in [4.78, 5) is 2.49. The lowest BCUT2D eigenvalue weighted by Crippen LogP contribution is -2.50. The minimum atomic E-state index is -0.417. The number of methoxy groups -OCH3 is 1. The smallest absolute Gasteiger partial charge is 0.130 e. The third-order valence-corrected chi connectivity index (χ3v) is 4.48. The number of nitrogens with one attached hydrogen (secondary N) is 1. The maximum absolute atomic E-state index is 6.15. The van der Waals surface area contributed by atoms with Gasteiger partial charge in [0, 0.05) is 39.8 Å². The molecule has 0 aromatic heterocycles. The first-order valence-electron chi connectivity index (χ1n) is 7.94. The molecule has 3 nitrogen and oxygen atoms in total. The van der Waals surface area contributed by atoms with E-state index in [4.69, 9.17) is 4.74 Å². The second kappa shape index (κ2) is 7.05. The molecule has 0 bridgehead atoms. The number of nitrogens with zero attached hydrogens (tertiary/aromatic N) is 1. The highest BCUT2D eigenvalue weighted by molar-refractivity contribution is 5.37. The van der Waals surface area contributed by atoms with Crippen LogP contribution in [0.3, 0.4) is 0 Å². The summed E-state index contributed by atoms with van der Waals surface area (Å²) < 4.78 is 6.15. The van der Waals surface area contributed by atoms with E-state index in [1.165, 1.54) is 11.1 Å². The number of ether oxygens (including phenoxy) is 1. The van der Waals surface area contributed by atoms with Gasteiger partial charge in [-0.2, -0.15) is 0 Å². The summed E-state index contributed by atoms with van der Waals surface area (Å²) in [5.74, 6) is 0. The summed E-state index contributed by atoms with van der Waals surface area (Å²) in [5, 5.41) is 3.42. The molecule has 0 atom stereocenters. The van der Waals surface area contributed by atoms with E-state index >= 15 is 0 Å². The topological polar surface area (TPSA) is 24.5 Å². The van der Waals surface area contributed by atoms with Gasteiger partial charge in [-0.05, 0) is 11.1 Å². The van der Waals surface area contributed by atoms with Gasteiger partial charge in [0.05, 0.1) is 0 Å². The maximum atomic E-state index is 6.15. The standard InChI is InChI=1S/C19H24N2O/c1-22-19(17-8-4-2-5-9-17,18-10-6-3-7-11-18)16-21-14-12-20-13-15-21/h2-11,20H,12-16H2,1H3. The minimum absolute atomic E-state index is 0.417. The lowest BCUT2D eigenvalue weighted by atomic mass is 9.85. The Balaban J connectivity index is 2.00. The minimum Gasteiger partial charge on any atom is -0.367 e. The van der Waals surface area contributed by atoms with E-state index in [-0.39, 0.29) is 0 Å². The van der Waals surface area contributed by atoms with Crippen LogP contribution in [0.5, 0.6) is 0 Å². The van der Waals surface area contributed by atoms with Gasteiger partial charge in [-0.25, -0.2) is 0 Å². The van der Waals surface area contributed by atoms with E-state index in [0.29, 0.717) is 0 Å².